The van der Waals surface area contributed by atoms with Crippen molar-refractivity contribution in [1.29, 1.82) is 0 Å². The van der Waals surface area contributed by atoms with Crippen LogP contribution in [-0.4, -0.2) is 55.3 Å². The fourth-order valence-corrected chi connectivity index (χ4v) is 3.59. The Morgan fingerprint density at radius 3 is 2.26 bits per heavy atom. The smallest absolute Gasteiger partial charge is 0.243 e. The summed E-state index contributed by atoms with van der Waals surface area (Å²) >= 11 is 0. The first kappa shape index (κ1) is 29.8. The lowest BCUT2D eigenvalue weighted by atomic mass is 10.0. The van der Waals surface area contributed by atoms with Gasteiger partial charge in [0.25, 0.3) is 0 Å². The predicted molar refractivity (Wildman–Crippen MR) is 143 cm³/mol. The second kappa shape index (κ2) is 18.2. The Bertz CT molecular complexity index is 854. The first-order valence-corrected chi connectivity index (χ1v) is 12.7. The van der Waals surface area contributed by atoms with Gasteiger partial charge in [-0.05, 0) is 48.9 Å². The van der Waals surface area contributed by atoms with Gasteiger partial charge < -0.3 is 21.3 Å². The maximum absolute atomic E-state index is 12.1. The van der Waals surface area contributed by atoms with E-state index < -0.39 is 6.04 Å². The maximum atomic E-state index is 12.1. The van der Waals surface area contributed by atoms with Crippen LogP contribution in [0.2, 0.25) is 0 Å². The molecule has 1 aliphatic rings. The molecule has 3 amide bonds. The summed E-state index contributed by atoms with van der Waals surface area (Å²) < 4.78 is 0. The van der Waals surface area contributed by atoms with Crippen molar-refractivity contribution in [1.82, 2.24) is 15.5 Å². The lowest BCUT2D eigenvalue weighted by Gasteiger charge is -2.18. The van der Waals surface area contributed by atoms with E-state index in [-0.39, 0.29) is 18.4 Å². The van der Waals surface area contributed by atoms with E-state index in [1.54, 1.807) is 0 Å². The van der Waals surface area contributed by atoms with Gasteiger partial charge in [-0.1, -0.05) is 81.8 Å². The number of hydrogen-bond acceptors (Lipinski definition) is 4. The second-order valence-corrected chi connectivity index (χ2v) is 8.02. The molecule has 192 valence electrons. The molecule has 2 aromatic carbocycles. The monoisotopic (exact) mass is 482 g/mol. The van der Waals surface area contributed by atoms with Crippen LogP contribution in [0, 0.1) is 0 Å². The molecule has 1 atom stereocenters. The van der Waals surface area contributed by atoms with Crippen molar-refractivity contribution in [2.75, 3.05) is 26.2 Å². The van der Waals surface area contributed by atoms with Gasteiger partial charge in [-0.15, -0.1) is 0 Å². The topological polar surface area (TPSA) is 105 Å². The van der Waals surface area contributed by atoms with Gasteiger partial charge in [-0.25, -0.2) is 0 Å². The molecule has 35 heavy (non-hydrogen) atoms. The Hall–Kier alpha value is -3.19. The van der Waals surface area contributed by atoms with E-state index in [1.165, 1.54) is 23.3 Å². The number of likely N-dealkylation sites (tertiary alicyclic amines) is 1. The highest BCUT2D eigenvalue weighted by atomic mass is 16.2. The first-order valence-electron chi connectivity index (χ1n) is 12.7. The normalized spacial score (nSPS) is 14.1. The minimum absolute atomic E-state index is 0.0744. The standard InChI is InChI=1S/C22H25N3O3.C4H11N.C2H6/c26-16-25-14-4-7-20(25)22(28)24-15-21(27)23-13-12-17-8-10-19(11-9-17)18-5-2-1-3-6-18;1-2-3-4-5;1-2/h1-3,5-6,8-11,16,20H,4,7,12-15H2,(H,23,27)(H,24,28);2-5H2,1H3;1-2H3. The van der Waals surface area contributed by atoms with Gasteiger partial charge in [0.1, 0.15) is 6.04 Å². The van der Waals surface area contributed by atoms with E-state index in [1.807, 2.05) is 32.0 Å². The van der Waals surface area contributed by atoms with Gasteiger partial charge in [0.2, 0.25) is 18.2 Å². The van der Waals surface area contributed by atoms with Crippen LogP contribution in [0.4, 0.5) is 0 Å². The zero-order valence-electron chi connectivity index (χ0n) is 21.5. The molecule has 0 spiro atoms. The van der Waals surface area contributed by atoms with Crippen molar-refractivity contribution < 1.29 is 14.4 Å². The quantitative estimate of drug-likeness (QED) is 0.451. The van der Waals surface area contributed by atoms with E-state index in [2.05, 4.69) is 54.0 Å². The van der Waals surface area contributed by atoms with Crippen LogP contribution < -0.4 is 16.4 Å². The van der Waals surface area contributed by atoms with E-state index in [0.717, 1.165) is 30.5 Å². The summed E-state index contributed by atoms with van der Waals surface area (Å²) in [4.78, 5) is 36.4. The number of nitrogens with zero attached hydrogens (tertiary/aromatic N) is 1. The zero-order valence-corrected chi connectivity index (χ0v) is 21.5. The van der Waals surface area contributed by atoms with Crippen LogP contribution >= 0.6 is 0 Å². The number of nitrogens with two attached hydrogens (primary N) is 1. The van der Waals surface area contributed by atoms with Crippen LogP contribution in [0.3, 0.4) is 0 Å². The number of nitrogens with one attached hydrogen (secondary N) is 2. The van der Waals surface area contributed by atoms with Gasteiger partial charge in [-0.3, -0.25) is 14.4 Å². The molecule has 0 radical (unpaired) electrons. The van der Waals surface area contributed by atoms with Gasteiger partial charge >= 0.3 is 0 Å². The number of hydrogen-bond donors (Lipinski definition) is 3. The van der Waals surface area contributed by atoms with E-state index in [9.17, 15) is 14.4 Å². The summed E-state index contributed by atoms with van der Waals surface area (Å²) in [6, 6.07) is 18.0. The summed E-state index contributed by atoms with van der Waals surface area (Å²) in [5.41, 5.74) is 8.61. The third-order valence-corrected chi connectivity index (χ3v) is 5.51. The molecule has 2 aromatic rings. The van der Waals surface area contributed by atoms with Crippen LogP contribution in [0.1, 0.15) is 52.0 Å². The molecule has 0 aliphatic carbocycles. The Kier molecular flexibility index (Phi) is 15.5. The molecule has 4 N–H and O–H groups in total. The van der Waals surface area contributed by atoms with Crippen molar-refractivity contribution in [2.24, 2.45) is 5.73 Å². The lowest BCUT2D eigenvalue weighted by Crippen LogP contribution is -2.46. The van der Waals surface area contributed by atoms with Crippen molar-refractivity contribution >= 4 is 18.2 Å². The lowest BCUT2D eigenvalue weighted by molar-refractivity contribution is -0.132. The summed E-state index contributed by atoms with van der Waals surface area (Å²) in [6.45, 7) is 8.00. The van der Waals surface area contributed by atoms with Crippen LogP contribution in [-0.2, 0) is 20.8 Å². The molecule has 3 rings (SSSR count). The summed E-state index contributed by atoms with van der Waals surface area (Å²) in [5, 5.41) is 5.42. The van der Waals surface area contributed by atoms with Gasteiger partial charge in [-0.2, -0.15) is 0 Å². The fourth-order valence-electron chi connectivity index (χ4n) is 3.59. The fraction of sp³-hybridized carbons (Fsp3) is 0.464. The molecule has 1 fully saturated rings. The molecular formula is C28H42N4O3. The van der Waals surface area contributed by atoms with E-state index >= 15 is 0 Å². The van der Waals surface area contributed by atoms with Crippen LogP contribution in [0.25, 0.3) is 11.1 Å². The van der Waals surface area contributed by atoms with Crippen LogP contribution in [0.15, 0.2) is 54.6 Å². The second-order valence-electron chi connectivity index (χ2n) is 8.02. The van der Waals surface area contributed by atoms with Crippen molar-refractivity contribution in [3.8, 4) is 11.1 Å². The number of carbonyl (C=O) groups is 3. The molecule has 7 nitrogen and oxygen atoms in total. The number of rotatable bonds is 10. The minimum atomic E-state index is -0.451. The average molecular weight is 483 g/mol. The molecule has 7 heteroatoms. The Labute approximate surface area is 210 Å². The molecule has 1 aliphatic heterocycles. The molecular weight excluding hydrogens is 440 g/mol. The number of unbranched alkanes of at least 4 members (excludes halogenated alkanes) is 1. The highest BCUT2D eigenvalue weighted by Gasteiger charge is 2.29. The predicted octanol–water partition coefficient (Wildman–Crippen LogP) is 3.52. The van der Waals surface area contributed by atoms with Gasteiger partial charge in [0.15, 0.2) is 0 Å². The summed E-state index contributed by atoms with van der Waals surface area (Å²) in [7, 11) is 0. The van der Waals surface area contributed by atoms with E-state index in [4.69, 9.17) is 5.73 Å². The highest BCUT2D eigenvalue weighted by Crippen LogP contribution is 2.19. The Morgan fingerprint density at radius 1 is 1.03 bits per heavy atom. The third kappa shape index (κ3) is 11.2. The SMILES string of the molecule is CC.CCCCN.O=CN1CCCC1C(=O)NCC(=O)NCCc1ccc(-c2ccccc2)cc1. The molecule has 1 saturated heterocycles. The summed E-state index contributed by atoms with van der Waals surface area (Å²) in [6.07, 6.45) is 5.25. The van der Waals surface area contributed by atoms with Crippen molar-refractivity contribution in [2.45, 2.75) is 58.9 Å². The zero-order chi connectivity index (χ0) is 25.9. The number of carbonyl (C=O) groups excluding carboxylic acids is 3. The van der Waals surface area contributed by atoms with E-state index in [0.29, 0.717) is 25.9 Å². The van der Waals surface area contributed by atoms with Crippen LogP contribution in [0.5, 0.6) is 0 Å². The van der Waals surface area contributed by atoms with Gasteiger partial charge in [0.05, 0.1) is 6.54 Å². The summed E-state index contributed by atoms with van der Waals surface area (Å²) in [5.74, 6) is -0.499. The minimum Gasteiger partial charge on any atom is -0.354 e. The third-order valence-electron chi connectivity index (χ3n) is 5.51. The molecule has 0 saturated carbocycles. The molecule has 0 aromatic heterocycles. The molecule has 1 unspecified atom stereocenters. The van der Waals surface area contributed by atoms with Gasteiger partial charge in [0, 0.05) is 13.1 Å². The first-order chi connectivity index (χ1) is 17.1. The largest absolute Gasteiger partial charge is 0.354 e. The molecule has 0 bridgehead atoms. The number of amides is 3. The maximum Gasteiger partial charge on any atom is 0.243 e. The van der Waals surface area contributed by atoms with Crippen molar-refractivity contribution in [3.05, 3.63) is 60.2 Å². The average Bonchev–Trinajstić information content (AvgIpc) is 3.39. The number of benzene rings is 2. The van der Waals surface area contributed by atoms with Crippen molar-refractivity contribution in [3.63, 3.8) is 0 Å². The molecule has 1 heterocycles. The highest BCUT2D eigenvalue weighted by molar-refractivity contribution is 5.88. The Balaban J connectivity index is 0.000000779. The Morgan fingerprint density at radius 2 is 1.69 bits per heavy atom.